The molecule has 2 aromatic heterocycles. The molecule has 3 N–H and O–H groups in total. The Kier molecular flexibility index (Phi) is 2.32. The SMILES string of the molecule is Cc1ccc(-c2ncc(C(=O)O)c(N)n2)o1. The van der Waals surface area contributed by atoms with Gasteiger partial charge in [-0.3, -0.25) is 0 Å². The van der Waals surface area contributed by atoms with Crippen LogP contribution in [0.15, 0.2) is 22.7 Å². The van der Waals surface area contributed by atoms with Gasteiger partial charge in [0.15, 0.2) is 11.6 Å². The molecule has 0 saturated heterocycles. The van der Waals surface area contributed by atoms with E-state index in [-0.39, 0.29) is 17.2 Å². The van der Waals surface area contributed by atoms with Crippen LogP contribution >= 0.6 is 0 Å². The number of carboxylic acid groups (broad SMARTS) is 1. The van der Waals surface area contributed by atoms with Crippen LogP contribution in [0.3, 0.4) is 0 Å². The van der Waals surface area contributed by atoms with Crippen LogP contribution in [0, 0.1) is 6.92 Å². The van der Waals surface area contributed by atoms with Gasteiger partial charge in [-0.05, 0) is 19.1 Å². The molecule has 16 heavy (non-hydrogen) atoms. The molecule has 82 valence electrons. The van der Waals surface area contributed by atoms with Gasteiger partial charge in [0.25, 0.3) is 0 Å². The number of hydrogen-bond acceptors (Lipinski definition) is 5. The normalized spacial score (nSPS) is 10.3. The van der Waals surface area contributed by atoms with Gasteiger partial charge >= 0.3 is 5.97 Å². The summed E-state index contributed by atoms with van der Waals surface area (Å²) >= 11 is 0. The fourth-order valence-corrected chi connectivity index (χ4v) is 1.23. The number of nitrogen functional groups attached to an aromatic ring is 1. The number of aryl methyl sites for hydroxylation is 1. The Morgan fingerprint density at radius 2 is 2.25 bits per heavy atom. The van der Waals surface area contributed by atoms with E-state index in [9.17, 15) is 4.79 Å². The minimum Gasteiger partial charge on any atom is -0.477 e. The largest absolute Gasteiger partial charge is 0.477 e. The van der Waals surface area contributed by atoms with Crippen molar-refractivity contribution in [3.63, 3.8) is 0 Å². The van der Waals surface area contributed by atoms with E-state index in [1.54, 1.807) is 19.1 Å². The monoisotopic (exact) mass is 219 g/mol. The summed E-state index contributed by atoms with van der Waals surface area (Å²) in [5, 5.41) is 8.75. The third-order valence-corrected chi connectivity index (χ3v) is 2.01. The zero-order valence-corrected chi connectivity index (χ0v) is 8.47. The van der Waals surface area contributed by atoms with Crippen LogP contribution in [-0.2, 0) is 0 Å². The molecule has 0 amide bonds. The van der Waals surface area contributed by atoms with E-state index in [0.717, 1.165) is 12.0 Å². The lowest BCUT2D eigenvalue weighted by Crippen LogP contribution is -2.06. The first-order chi connectivity index (χ1) is 7.58. The standard InChI is InChI=1S/C10H9N3O3/c1-5-2-3-7(16-5)9-12-4-6(10(14)15)8(11)13-9/h2-4H,1H3,(H,14,15)(H2,11,12,13). The first-order valence-electron chi connectivity index (χ1n) is 4.50. The number of hydrogen-bond donors (Lipinski definition) is 2. The van der Waals surface area contributed by atoms with Crippen molar-refractivity contribution in [2.45, 2.75) is 6.92 Å². The molecule has 0 unspecified atom stereocenters. The summed E-state index contributed by atoms with van der Waals surface area (Å²) in [6, 6.07) is 3.46. The molecule has 2 rings (SSSR count). The Morgan fingerprint density at radius 3 is 2.75 bits per heavy atom. The maximum absolute atomic E-state index is 10.7. The number of carbonyl (C=O) groups is 1. The predicted octanol–water partition coefficient (Wildman–Crippen LogP) is 1.33. The van der Waals surface area contributed by atoms with Crippen LogP contribution in [0.4, 0.5) is 5.82 Å². The van der Waals surface area contributed by atoms with Crippen LogP contribution in [0.5, 0.6) is 0 Å². The van der Waals surface area contributed by atoms with Crippen LogP contribution in [0.1, 0.15) is 16.1 Å². The van der Waals surface area contributed by atoms with E-state index >= 15 is 0 Å². The lowest BCUT2D eigenvalue weighted by molar-refractivity contribution is 0.0697. The summed E-state index contributed by atoms with van der Waals surface area (Å²) in [6.07, 6.45) is 1.16. The smallest absolute Gasteiger partial charge is 0.341 e. The summed E-state index contributed by atoms with van der Waals surface area (Å²) in [7, 11) is 0. The maximum Gasteiger partial charge on any atom is 0.341 e. The molecule has 0 saturated carbocycles. The highest BCUT2D eigenvalue weighted by Crippen LogP contribution is 2.19. The van der Waals surface area contributed by atoms with Gasteiger partial charge in [0.2, 0.25) is 0 Å². The third-order valence-electron chi connectivity index (χ3n) is 2.01. The molecule has 2 heterocycles. The number of carboxylic acids is 1. The van der Waals surface area contributed by atoms with Gasteiger partial charge in [-0.25, -0.2) is 14.8 Å². The van der Waals surface area contributed by atoms with Crippen molar-refractivity contribution in [1.82, 2.24) is 9.97 Å². The lowest BCUT2D eigenvalue weighted by Gasteiger charge is -2.00. The van der Waals surface area contributed by atoms with Gasteiger partial charge in [0, 0.05) is 6.20 Å². The number of anilines is 1. The minimum atomic E-state index is -1.15. The van der Waals surface area contributed by atoms with E-state index in [1.807, 2.05) is 0 Å². The highest BCUT2D eigenvalue weighted by molar-refractivity contribution is 5.92. The van der Waals surface area contributed by atoms with Gasteiger partial charge in [0.05, 0.1) is 0 Å². The van der Waals surface area contributed by atoms with Gasteiger partial charge in [-0.2, -0.15) is 0 Å². The van der Waals surface area contributed by atoms with Crippen LogP contribution in [-0.4, -0.2) is 21.0 Å². The van der Waals surface area contributed by atoms with Crippen molar-refractivity contribution in [2.75, 3.05) is 5.73 Å². The third kappa shape index (κ3) is 1.72. The Labute approximate surface area is 90.7 Å². The number of aromatic nitrogens is 2. The van der Waals surface area contributed by atoms with Crippen molar-refractivity contribution >= 4 is 11.8 Å². The van der Waals surface area contributed by atoms with Crippen molar-refractivity contribution in [2.24, 2.45) is 0 Å². The Balaban J connectivity index is 2.45. The number of aromatic carboxylic acids is 1. The molecule has 6 heteroatoms. The average Bonchev–Trinajstić information content (AvgIpc) is 2.64. The summed E-state index contributed by atoms with van der Waals surface area (Å²) in [5.41, 5.74) is 5.37. The predicted molar refractivity (Wildman–Crippen MR) is 55.8 cm³/mol. The van der Waals surface area contributed by atoms with E-state index in [0.29, 0.717) is 5.76 Å². The lowest BCUT2D eigenvalue weighted by atomic mass is 10.3. The quantitative estimate of drug-likeness (QED) is 0.789. The highest BCUT2D eigenvalue weighted by atomic mass is 16.4. The Morgan fingerprint density at radius 1 is 1.50 bits per heavy atom. The number of rotatable bonds is 2. The van der Waals surface area contributed by atoms with Gasteiger partial charge in [-0.1, -0.05) is 0 Å². The molecule has 0 radical (unpaired) electrons. The molecule has 0 aromatic carbocycles. The average molecular weight is 219 g/mol. The molecule has 0 aliphatic carbocycles. The molecular formula is C10H9N3O3. The fourth-order valence-electron chi connectivity index (χ4n) is 1.23. The molecule has 0 atom stereocenters. The van der Waals surface area contributed by atoms with Gasteiger partial charge in [0.1, 0.15) is 17.1 Å². The highest BCUT2D eigenvalue weighted by Gasteiger charge is 2.13. The van der Waals surface area contributed by atoms with Crippen LogP contribution < -0.4 is 5.73 Å². The zero-order chi connectivity index (χ0) is 11.7. The van der Waals surface area contributed by atoms with Crippen LogP contribution in [0.25, 0.3) is 11.6 Å². The molecule has 2 aromatic rings. The zero-order valence-electron chi connectivity index (χ0n) is 8.47. The summed E-state index contributed by atoms with van der Waals surface area (Å²) < 4.78 is 5.30. The molecule has 0 aliphatic rings. The van der Waals surface area contributed by atoms with Crippen molar-refractivity contribution < 1.29 is 14.3 Å². The molecule has 0 fully saturated rings. The minimum absolute atomic E-state index is 0.0773. The first-order valence-corrected chi connectivity index (χ1v) is 4.50. The molecule has 0 bridgehead atoms. The van der Waals surface area contributed by atoms with E-state index < -0.39 is 5.97 Å². The maximum atomic E-state index is 10.7. The van der Waals surface area contributed by atoms with Crippen molar-refractivity contribution in [1.29, 1.82) is 0 Å². The van der Waals surface area contributed by atoms with E-state index in [4.69, 9.17) is 15.3 Å². The molecule has 0 aliphatic heterocycles. The number of nitrogens with zero attached hydrogens (tertiary/aromatic N) is 2. The van der Waals surface area contributed by atoms with Crippen LogP contribution in [0.2, 0.25) is 0 Å². The fraction of sp³-hybridized carbons (Fsp3) is 0.100. The van der Waals surface area contributed by atoms with E-state index in [1.165, 1.54) is 0 Å². The second kappa shape index (κ2) is 3.65. The van der Waals surface area contributed by atoms with Crippen molar-refractivity contribution in [3.05, 3.63) is 29.7 Å². The summed E-state index contributed by atoms with van der Waals surface area (Å²) in [5.74, 6) is 0.224. The number of nitrogens with two attached hydrogens (primary N) is 1. The van der Waals surface area contributed by atoms with Crippen molar-refractivity contribution in [3.8, 4) is 11.6 Å². The van der Waals surface area contributed by atoms with Gasteiger partial charge < -0.3 is 15.3 Å². The summed E-state index contributed by atoms with van der Waals surface area (Å²) in [4.78, 5) is 18.4. The first kappa shape index (κ1) is 10.2. The van der Waals surface area contributed by atoms with Gasteiger partial charge in [-0.15, -0.1) is 0 Å². The molecule has 6 nitrogen and oxygen atoms in total. The second-order valence-corrected chi connectivity index (χ2v) is 3.21. The number of furan rings is 1. The second-order valence-electron chi connectivity index (χ2n) is 3.21. The molecular weight excluding hydrogens is 210 g/mol. The van der Waals surface area contributed by atoms with E-state index in [2.05, 4.69) is 9.97 Å². The topological polar surface area (TPSA) is 102 Å². The summed E-state index contributed by atoms with van der Waals surface area (Å²) in [6.45, 7) is 1.79. The Hall–Kier alpha value is -2.37. The Bertz CT molecular complexity index is 548. The molecule has 0 spiro atoms.